The summed E-state index contributed by atoms with van der Waals surface area (Å²) in [4.78, 5) is 21.4. The number of hydrogen-bond donors (Lipinski definition) is 2. The minimum Gasteiger partial charge on any atom is -0.479 e. The molecule has 1 unspecified atom stereocenters. The Morgan fingerprint density at radius 3 is 1.73 bits per heavy atom. The van der Waals surface area contributed by atoms with E-state index in [1.54, 1.807) is 0 Å². The monoisotopic (exact) mass is 227 g/mol. The lowest BCUT2D eigenvalue weighted by Gasteiger charge is -2.35. The Hall–Kier alpha value is -1.27. The third kappa shape index (κ3) is 2.40. The molecule has 2 N–H and O–H groups in total. The van der Waals surface area contributed by atoms with Gasteiger partial charge in [-0.2, -0.15) is 13.2 Å². The van der Waals surface area contributed by atoms with Crippen LogP contribution in [0.5, 0.6) is 0 Å². The first-order valence-electron chi connectivity index (χ1n) is 4.14. The average Bonchev–Trinajstić information content (AvgIpc) is 1.95. The Labute approximate surface area is 84.5 Å². The van der Waals surface area contributed by atoms with Crippen LogP contribution in [0.25, 0.3) is 0 Å². The van der Waals surface area contributed by atoms with E-state index in [1.807, 2.05) is 0 Å². The van der Waals surface area contributed by atoms with Crippen molar-refractivity contribution in [3.05, 3.63) is 0 Å². The molecule has 0 spiro atoms. The van der Waals surface area contributed by atoms with Crippen LogP contribution >= 0.6 is 0 Å². The van der Waals surface area contributed by atoms with Crippen LogP contribution in [-0.2, 0) is 9.59 Å². The summed E-state index contributed by atoms with van der Waals surface area (Å²) in [7, 11) is 0. The van der Waals surface area contributed by atoms with Crippen molar-refractivity contribution in [3.63, 3.8) is 0 Å². The van der Waals surface area contributed by atoms with Crippen LogP contribution in [0, 0.1) is 5.92 Å². The lowest BCUT2D eigenvalue weighted by molar-refractivity contribution is -0.220. The van der Waals surface area contributed by atoms with Gasteiger partial charge in [-0.3, -0.25) is 4.79 Å². The summed E-state index contributed by atoms with van der Waals surface area (Å²) in [5.41, 5.74) is -3.22. The third-order valence-electron chi connectivity index (χ3n) is 2.02. The Balaban J connectivity index is 5.49. The second-order valence-electron chi connectivity index (χ2n) is 3.45. The van der Waals surface area contributed by atoms with E-state index in [-0.39, 0.29) is 0 Å². The van der Waals surface area contributed by atoms with E-state index < -0.39 is 29.5 Å². The standard InChI is InChI=1S/C8H12F3NO3/c1-4(2)7(6(14)15,8(9,10)11)12-5(3)13/h4H,1-3H3,(H,12,13)(H,14,15). The zero-order chi connectivity index (χ0) is 12.4. The van der Waals surface area contributed by atoms with Crippen molar-refractivity contribution in [1.29, 1.82) is 0 Å². The van der Waals surface area contributed by atoms with Crippen LogP contribution in [-0.4, -0.2) is 28.7 Å². The Bertz CT molecular complexity index is 275. The maximum absolute atomic E-state index is 12.6. The summed E-state index contributed by atoms with van der Waals surface area (Å²) in [6.45, 7) is 3.00. The number of rotatable bonds is 3. The molecule has 0 saturated heterocycles. The van der Waals surface area contributed by atoms with Crippen LogP contribution in [0.3, 0.4) is 0 Å². The van der Waals surface area contributed by atoms with Gasteiger partial charge in [-0.05, 0) is 5.92 Å². The molecule has 0 saturated carbocycles. The molecule has 0 fully saturated rings. The molecule has 15 heavy (non-hydrogen) atoms. The molecule has 0 heterocycles. The number of alkyl halides is 3. The van der Waals surface area contributed by atoms with E-state index in [2.05, 4.69) is 0 Å². The minimum absolute atomic E-state index is 0.839. The SMILES string of the molecule is CC(=O)NC(C(=O)O)(C(C)C)C(F)(F)F. The molecule has 0 aliphatic heterocycles. The topological polar surface area (TPSA) is 66.4 Å². The van der Waals surface area contributed by atoms with Crippen molar-refractivity contribution < 1.29 is 27.9 Å². The molecule has 0 aliphatic rings. The second kappa shape index (κ2) is 4.08. The average molecular weight is 227 g/mol. The van der Waals surface area contributed by atoms with Gasteiger partial charge in [0.05, 0.1) is 0 Å². The Morgan fingerprint density at radius 1 is 1.27 bits per heavy atom. The maximum Gasteiger partial charge on any atom is 0.422 e. The number of carboxylic acids is 1. The summed E-state index contributed by atoms with van der Waals surface area (Å²) in [5.74, 6) is -4.46. The van der Waals surface area contributed by atoms with Crippen LogP contribution in [0.4, 0.5) is 13.2 Å². The molecule has 0 aromatic heterocycles. The fraction of sp³-hybridized carbons (Fsp3) is 0.750. The Morgan fingerprint density at radius 2 is 1.67 bits per heavy atom. The second-order valence-corrected chi connectivity index (χ2v) is 3.45. The maximum atomic E-state index is 12.6. The van der Waals surface area contributed by atoms with Crippen molar-refractivity contribution in [1.82, 2.24) is 5.32 Å². The van der Waals surface area contributed by atoms with Crippen LogP contribution < -0.4 is 5.32 Å². The minimum atomic E-state index is -5.04. The zero-order valence-corrected chi connectivity index (χ0v) is 8.47. The molecule has 0 aromatic rings. The van der Waals surface area contributed by atoms with E-state index in [4.69, 9.17) is 5.11 Å². The summed E-state index contributed by atoms with van der Waals surface area (Å²) < 4.78 is 37.9. The van der Waals surface area contributed by atoms with Crippen LogP contribution in [0.15, 0.2) is 0 Å². The highest BCUT2D eigenvalue weighted by atomic mass is 19.4. The highest BCUT2D eigenvalue weighted by Gasteiger charge is 2.63. The summed E-state index contributed by atoms with van der Waals surface area (Å²) in [5, 5.41) is 10.1. The first-order valence-corrected chi connectivity index (χ1v) is 4.14. The van der Waals surface area contributed by atoms with Gasteiger partial charge in [0, 0.05) is 6.92 Å². The molecule has 0 aromatic carbocycles. The van der Waals surface area contributed by atoms with Gasteiger partial charge in [-0.15, -0.1) is 0 Å². The molecule has 88 valence electrons. The molecule has 0 bridgehead atoms. The molecular formula is C8H12F3NO3. The first-order chi connectivity index (χ1) is 6.55. The number of hydrogen-bond acceptors (Lipinski definition) is 2. The van der Waals surface area contributed by atoms with Crippen molar-refractivity contribution >= 4 is 11.9 Å². The van der Waals surface area contributed by atoms with Gasteiger partial charge in [0.15, 0.2) is 0 Å². The van der Waals surface area contributed by atoms with Gasteiger partial charge in [-0.1, -0.05) is 13.8 Å². The summed E-state index contributed by atoms with van der Waals surface area (Å²) >= 11 is 0. The van der Waals surface area contributed by atoms with E-state index in [9.17, 15) is 22.8 Å². The molecule has 1 amide bonds. The largest absolute Gasteiger partial charge is 0.479 e. The number of carboxylic acid groups (broad SMARTS) is 1. The van der Waals surface area contributed by atoms with E-state index in [1.165, 1.54) is 5.32 Å². The first kappa shape index (κ1) is 13.7. The highest BCUT2D eigenvalue weighted by Crippen LogP contribution is 2.36. The number of halogens is 3. The number of aliphatic carboxylic acids is 1. The van der Waals surface area contributed by atoms with Crippen LogP contribution in [0.1, 0.15) is 20.8 Å². The van der Waals surface area contributed by atoms with Crippen molar-refractivity contribution in [2.45, 2.75) is 32.5 Å². The third-order valence-corrected chi connectivity index (χ3v) is 2.02. The summed E-state index contributed by atoms with van der Waals surface area (Å²) in [6.07, 6.45) is -5.04. The lowest BCUT2D eigenvalue weighted by atomic mass is 9.85. The Kier molecular flexibility index (Phi) is 3.73. The predicted molar refractivity (Wildman–Crippen MR) is 45.1 cm³/mol. The van der Waals surface area contributed by atoms with Crippen molar-refractivity contribution in [3.8, 4) is 0 Å². The summed E-state index contributed by atoms with van der Waals surface area (Å²) in [6, 6.07) is 0. The van der Waals surface area contributed by atoms with Gasteiger partial charge in [-0.25, -0.2) is 4.79 Å². The van der Waals surface area contributed by atoms with Gasteiger partial charge < -0.3 is 10.4 Å². The molecule has 0 rings (SSSR count). The van der Waals surface area contributed by atoms with E-state index in [0.29, 0.717) is 0 Å². The predicted octanol–water partition coefficient (Wildman–Crippen LogP) is 1.16. The molecule has 0 aliphatic carbocycles. The number of carbonyl (C=O) groups excluding carboxylic acids is 1. The van der Waals surface area contributed by atoms with E-state index in [0.717, 1.165) is 20.8 Å². The number of amides is 1. The van der Waals surface area contributed by atoms with Crippen molar-refractivity contribution in [2.24, 2.45) is 5.92 Å². The highest BCUT2D eigenvalue weighted by molar-refractivity contribution is 5.87. The molecular weight excluding hydrogens is 215 g/mol. The fourth-order valence-electron chi connectivity index (χ4n) is 1.24. The number of carbonyl (C=O) groups is 2. The fourth-order valence-corrected chi connectivity index (χ4v) is 1.24. The van der Waals surface area contributed by atoms with E-state index >= 15 is 0 Å². The van der Waals surface area contributed by atoms with Crippen LogP contribution in [0.2, 0.25) is 0 Å². The van der Waals surface area contributed by atoms with Gasteiger partial charge in [0.2, 0.25) is 11.4 Å². The normalized spacial score (nSPS) is 15.9. The lowest BCUT2D eigenvalue weighted by Crippen LogP contribution is -2.66. The van der Waals surface area contributed by atoms with Gasteiger partial charge in [0.1, 0.15) is 0 Å². The van der Waals surface area contributed by atoms with Crippen molar-refractivity contribution in [2.75, 3.05) is 0 Å². The smallest absolute Gasteiger partial charge is 0.422 e. The zero-order valence-electron chi connectivity index (χ0n) is 8.47. The molecule has 0 radical (unpaired) electrons. The quantitative estimate of drug-likeness (QED) is 0.760. The molecule has 7 heteroatoms. The number of nitrogens with one attached hydrogen (secondary N) is 1. The van der Waals surface area contributed by atoms with Gasteiger partial charge >= 0.3 is 12.1 Å². The molecule has 1 atom stereocenters. The van der Waals surface area contributed by atoms with Gasteiger partial charge in [0.25, 0.3) is 0 Å². The molecule has 4 nitrogen and oxygen atoms in total.